The first-order valence-electron chi connectivity index (χ1n) is 3.72. The lowest BCUT2D eigenvalue weighted by Crippen LogP contribution is -2.24. The Morgan fingerprint density at radius 3 is 2.64 bits per heavy atom. The molecule has 0 aliphatic rings. The third kappa shape index (κ3) is 7.62. The van der Waals surface area contributed by atoms with Crippen molar-refractivity contribution < 1.29 is 9.90 Å². The molecule has 0 saturated carbocycles. The van der Waals surface area contributed by atoms with Crippen LogP contribution in [-0.2, 0) is 9.90 Å². The van der Waals surface area contributed by atoms with Crippen LogP contribution in [0.1, 0.15) is 19.3 Å². The number of alkyl halides is 1. The van der Waals surface area contributed by atoms with Gasteiger partial charge >= 0.3 is 0 Å². The van der Waals surface area contributed by atoms with Gasteiger partial charge in [0.05, 0.1) is 6.61 Å². The molecular formula is C7H13ClNO2. The minimum Gasteiger partial charge on any atom is -0.356 e. The standard InChI is InChI=1S/C7H13ClNO2/c8-4-1-3-7(11)9-5-2-6-10/h1-6H2,(H,9,11). The van der Waals surface area contributed by atoms with Crippen LogP contribution in [0, 0.1) is 0 Å². The van der Waals surface area contributed by atoms with Crippen LogP contribution in [0.25, 0.3) is 0 Å². The summed E-state index contributed by atoms with van der Waals surface area (Å²) in [5.74, 6) is 0.494. The summed E-state index contributed by atoms with van der Waals surface area (Å²) in [7, 11) is 0. The average molecular weight is 179 g/mol. The van der Waals surface area contributed by atoms with E-state index in [1.807, 2.05) is 0 Å². The van der Waals surface area contributed by atoms with Gasteiger partial charge < -0.3 is 5.32 Å². The van der Waals surface area contributed by atoms with E-state index in [4.69, 9.17) is 11.6 Å². The maximum absolute atomic E-state index is 10.8. The van der Waals surface area contributed by atoms with E-state index in [-0.39, 0.29) is 12.5 Å². The Morgan fingerprint density at radius 1 is 1.36 bits per heavy atom. The lowest BCUT2D eigenvalue weighted by atomic mass is 10.3. The number of hydrogen-bond acceptors (Lipinski definition) is 1. The molecule has 0 unspecified atom stereocenters. The summed E-state index contributed by atoms with van der Waals surface area (Å²) in [6.07, 6.45) is 1.67. The summed E-state index contributed by atoms with van der Waals surface area (Å²) in [5, 5.41) is 12.6. The minimum atomic E-state index is -0.129. The smallest absolute Gasteiger partial charge is 0.220 e. The number of rotatable bonds is 6. The predicted octanol–water partition coefficient (Wildman–Crippen LogP) is 0.942. The number of hydrogen-bond donors (Lipinski definition) is 1. The fraction of sp³-hybridized carbons (Fsp3) is 0.857. The number of halogens is 1. The molecule has 0 aliphatic heterocycles. The van der Waals surface area contributed by atoms with E-state index in [0.29, 0.717) is 31.7 Å². The fourth-order valence-corrected chi connectivity index (χ4v) is 0.749. The summed E-state index contributed by atoms with van der Waals surface area (Å²) in [4.78, 5) is 10.8. The topological polar surface area (TPSA) is 49.0 Å². The monoisotopic (exact) mass is 178 g/mol. The molecular weight excluding hydrogens is 166 g/mol. The van der Waals surface area contributed by atoms with Gasteiger partial charge in [0, 0.05) is 18.8 Å². The Kier molecular flexibility index (Phi) is 7.62. The van der Waals surface area contributed by atoms with E-state index in [9.17, 15) is 9.90 Å². The van der Waals surface area contributed by atoms with Crippen molar-refractivity contribution in [3.63, 3.8) is 0 Å². The maximum atomic E-state index is 10.8. The van der Waals surface area contributed by atoms with Crippen LogP contribution in [-0.4, -0.2) is 24.9 Å². The molecule has 0 aromatic rings. The molecule has 0 fully saturated rings. The van der Waals surface area contributed by atoms with Gasteiger partial charge in [-0.15, -0.1) is 11.6 Å². The summed E-state index contributed by atoms with van der Waals surface area (Å²) in [5.41, 5.74) is 0. The molecule has 1 radical (unpaired) electrons. The van der Waals surface area contributed by atoms with Gasteiger partial charge in [-0.1, -0.05) is 0 Å². The zero-order chi connectivity index (χ0) is 8.53. The summed E-state index contributed by atoms with van der Waals surface area (Å²) in [6.45, 7) is 0.362. The molecule has 0 heterocycles. The van der Waals surface area contributed by atoms with Gasteiger partial charge in [0.2, 0.25) is 5.91 Å². The van der Waals surface area contributed by atoms with Crippen LogP contribution in [0.2, 0.25) is 0 Å². The normalized spacial score (nSPS) is 9.64. The maximum Gasteiger partial charge on any atom is 0.220 e. The molecule has 4 heteroatoms. The van der Waals surface area contributed by atoms with Gasteiger partial charge in [-0.25, -0.2) is 5.11 Å². The molecule has 11 heavy (non-hydrogen) atoms. The van der Waals surface area contributed by atoms with Crippen molar-refractivity contribution in [2.45, 2.75) is 19.3 Å². The van der Waals surface area contributed by atoms with E-state index in [2.05, 4.69) is 5.32 Å². The number of carbonyl (C=O) groups is 1. The molecule has 1 amide bonds. The molecule has 1 N–H and O–H groups in total. The van der Waals surface area contributed by atoms with Gasteiger partial charge in [0.1, 0.15) is 0 Å². The van der Waals surface area contributed by atoms with Crippen molar-refractivity contribution in [3.05, 3.63) is 0 Å². The zero-order valence-electron chi connectivity index (χ0n) is 6.44. The second-order valence-corrected chi connectivity index (χ2v) is 2.58. The molecule has 65 valence electrons. The Labute approximate surface area is 71.7 Å². The lowest BCUT2D eigenvalue weighted by molar-refractivity contribution is -0.121. The highest BCUT2D eigenvalue weighted by Crippen LogP contribution is 1.90. The molecule has 0 bridgehead atoms. The highest BCUT2D eigenvalue weighted by molar-refractivity contribution is 6.17. The SMILES string of the molecule is [O]CCCNC(=O)CCCCl. The van der Waals surface area contributed by atoms with Crippen LogP contribution in [0.15, 0.2) is 0 Å². The number of amides is 1. The second kappa shape index (κ2) is 7.82. The van der Waals surface area contributed by atoms with Crippen molar-refractivity contribution in [1.29, 1.82) is 0 Å². The van der Waals surface area contributed by atoms with Crippen LogP contribution in [0.3, 0.4) is 0 Å². The van der Waals surface area contributed by atoms with Crippen LogP contribution in [0.4, 0.5) is 0 Å². The van der Waals surface area contributed by atoms with Gasteiger partial charge in [-0.3, -0.25) is 4.79 Å². The van der Waals surface area contributed by atoms with E-state index >= 15 is 0 Å². The molecule has 0 spiro atoms. The van der Waals surface area contributed by atoms with E-state index in [1.54, 1.807) is 0 Å². The molecule has 0 aromatic carbocycles. The fourth-order valence-electron chi connectivity index (χ4n) is 0.616. The van der Waals surface area contributed by atoms with Crippen molar-refractivity contribution in [2.75, 3.05) is 19.0 Å². The molecule has 0 atom stereocenters. The quantitative estimate of drug-likeness (QED) is 0.478. The first-order valence-corrected chi connectivity index (χ1v) is 4.25. The molecule has 0 aliphatic carbocycles. The second-order valence-electron chi connectivity index (χ2n) is 2.20. The van der Waals surface area contributed by atoms with Crippen LogP contribution in [0.5, 0.6) is 0 Å². The van der Waals surface area contributed by atoms with Crippen molar-refractivity contribution in [2.24, 2.45) is 0 Å². The Balaban J connectivity index is 3.09. The van der Waals surface area contributed by atoms with Gasteiger partial charge in [0.25, 0.3) is 0 Å². The zero-order valence-corrected chi connectivity index (χ0v) is 7.19. The van der Waals surface area contributed by atoms with Gasteiger partial charge in [0.15, 0.2) is 0 Å². The Hall–Kier alpha value is -0.280. The van der Waals surface area contributed by atoms with Crippen LogP contribution < -0.4 is 5.32 Å². The molecule has 0 saturated heterocycles. The first-order chi connectivity index (χ1) is 5.31. The third-order valence-corrected chi connectivity index (χ3v) is 1.45. The average Bonchev–Trinajstić information content (AvgIpc) is 2.01. The largest absolute Gasteiger partial charge is 0.356 e. The third-order valence-electron chi connectivity index (χ3n) is 1.18. The highest BCUT2D eigenvalue weighted by atomic mass is 35.5. The number of carbonyl (C=O) groups excluding carboxylic acids is 1. The Morgan fingerprint density at radius 2 is 2.09 bits per heavy atom. The van der Waals surface area contributed by atoms with Crippen molar-refractivity contribution >= 4 is 17.5 Å². The summed E-state index contributed by atoms with van der Waals surface area (Å²) in [6, 6.07) is 0. The minimum absolute atomic E-state index is 0.0147. The van der Waals surface area contributed by atoms with Gasteiger partial charge in [-0.05, 0) is 12.8 Å². The molecule has 0 rings (SSSR count). The lowest BCUT2D eigenvalue weighted by Gasteiger charge is -2.01. The van der Waals surface area contributed by atoms with E-state index < -0.39 is 0 Å². The Bertz CT molecular complexity index is 109. The van der Waals surface area contributed by atoms with Crippen LogP contribution >= 0.6 is 11.6 Å². The van der Waals surface area contributed by atoms with E-state index in [0.717, 1.165) is 0 Å². The van der Waals surface area contributed by atoms with Gasteiger partial charge in [-0.2, -0.15) is 0 Å². The first kappa shape index (κ1) is 10.7. The molecule has 3 nitrogen and oxygen atoms in total. The molecule has 0 aromatic heterocycles. The van der Waals surface area contributed by atoms with E-state index in [1.165, 1.54) is 0 Å². The van der Waals surface area contributed by atoms with Crippen molar-refractivity contribution in [3.8, 4) is 0 Å². The number of nitrogens with one attached hydrogen (secondary N) is 1. The summed E-state index contributed by atoms with van der Waals surface area (Å²) < 4.78 is 0. The highest BCUT2D eigenvalue weighted by Gasteiger charge is 1.97. The van der Waals surface area contributed by atoms with Crippen molar-refractivity contribution in [1.82, 2.24) is 5.32 Å². The predicted molar refractivity (Wildman–Crippen MR) is 43.1 cm³/mol. The summed E-state index contributed by atoms with van der Waals surface area (Å²) >= 11 is 5.38.